The number of nitrogens with one attached hydrogen (secondary N) is 1. The van der Waals surface area contributed by atoms with E-state index in [1.165, 1.54) is 0 Å². The number of rotatable bonds is 2. The lowest BCUT2D eigenvalue weighted by atomic mass is 10.6. The molecule has 8 heavy (non-hydrogen) atoms. The van der Waals surface area contributed by atoms with Gasteiger partial charge in [0.1, 0.15) is 0 Å². The van der Waals surface area contributed by atoms with Crippen molar-refractivity contribution in [3.8, 4) is 11.8 Å². The Morgan fingerprint density at radius 2 is 2.25 bits per heavy atom. The van der Waals surface area contributed by atoms with Crippen LogP contribution < -0.4 is 5.32 Å². The van der Waals surface area contributed by atoms with Gasteiger partial charge < -0.3 is 5.32 Å². The molecule has 0 radical (unpaired) electrons. The van der Waals surface area contributed by atoms with Gasteiger partial charge in [-0.15, -0.1) is 11.6 Å². The summed E-state index contributed by atoms with van der Waals surface area (Å²) in [6.07, 6.45) is 0. The zero-order valence-corrected chi connectivity index (χ0v) is 5.76. The average molecular weight is 132 g/mol. The molecule has 0 saturated heterocycles. The summed E-state index contributed by atoms with van der Waals surface area (Å²) >= 11 is 5.28. The fourth-order valence-corrected chi connectivity index (χ4v) is 0.392. The van der Waals surface area contributed by atoms with Crippen molar-refractivity contribution in [2.24, 2.45) is 0 Å². The monoisotopic (exact) mass is 131 g/mol. The van der Waals surface area contributed by atoms with Crippen LogP contribution in [-0.4, -0.2) is 19.0 Å². The molecule has 0 aliphatic rings. The van der Waals surface area contributed by atoms with E-state index in [4.69, 9.17) is 11.6 Å². The SMILES string of the molecule is CCNCC#CCCl. The first kappa shape index (κ1) is 7.81. The zero-order valence-electron chi connectivity index (χ0n) is 5.00. The zero-order chi connectivity index (χ0) is 6.24. The van der Waals surface area contributed by atoms with Gasteiger partial charge in [0.05, 0.1) is 12.4 Å². The largest absolute Gasteiger partial charge is 0.307 e. The summed E-state index contributed by atoms with van der Waals surface area (Å²) in [5.41, 5.74) is 0. The van der Waals surface area contributed by atoms with Crippen molar-refractivity contribution < 1.29 is 0 Å². The molecule has 0 aliphatic carbocycles. The van der Waals surface area contributed by atoms with Crippen LogP contribution in [0.4, 0.5) is 0 Å². The molecule has 0 fully saturated rings. The van der Waals surface area contributed by atoms with Gasteiger partial charge in [0, 0.05) is 0 Å². The molecule has 0 aromatic heterocycles. The Kier molecular flexibility index (Phi) is 6.65. The highest BCUT2D eigenvalue weighted by Gasteiger charge is 1.69. The van der Waals surface area contributed by atoms with Crippen LogP contribution in [0.5, 0.6) is 0 Å². The van der Waals surface area contributed by atoms with E-state index < -0.39 is 0 Å². The van der Waals surface area contributed by atoms with Gasteiger partial charge in [-0.2, -0.15) is 0 Å². The van der Waals surface area contributed by atoms with Crippen LogP contribution in [0.1, 0.15) is 6.92 Å². The van der Waals surface area contributed by atoms with Crippen molar-refractivity contribution in [3.05, 3.63) is 0 Å². The van der Waals surface area contributed by atoms with E-state index in [9.17, 15) is 0 Å². The lowest BCUT2D eigenvalue weighted by Gasteiger charge is -1.87. The molecule has 0 aromatic carbocycles. The maximum absolute atomic E-state index is 5.28. The van der Waals surface area contributed by atoms with Crippen molar-refractivity contribution in [1.29, 1.82) is 0 Å². The summed E-state index contributed by atoms with van der Waals surface area (Å²) in [4.78, 5) is 0. The number of alkyl halides is 1. The maximum atomic E-state index is 5.28. The quantitative estimate of drug-likeness (QED) is 0.333. The Labute approximate surface area is 55.4 Å². The molecule has 0 atom stereocenters. The molecular formula is C6H10ClN. The van der Waals surface area contributed by atoms with Gasteiger partial charge in [-0.25, -0.2) is 0 Å². The van der Waals surface area contributed by atoms with E-state index in [1.807, 2.05) is 6.92 Å². The van der Waals surface area contributed by atoms with Crippen LogP contribution in [0.2, 0.25) is 0 Å². The number of hydrogen-bond acceptors (Lipinski definition) is 1. The van der Waals surface area contributed by atoms with E-state index in [-0.39, 0.29) is 0 Å². The van der Waals surface area contributed by atoms with E-state index in [0.717, 1.165) is 13.1 Å². The van der Waals surface area contributed by atoms with E-state index >= 15 is 0 Å². The van der Waals surface area contributed by atoms with Crippen LogP contribution in [-0.2, 0) is 0 Å². The maximum Gasteiger partial charge on any atom is 0.0835 e. The van der Waals surface area contributed by atoms with Crippen molar-refractivity contribution in [1.82, 2.24) is 5.32 Å². The molecular weight excluding hydrogens is 122 g/mol. The van der Waals surface area contributed by atoms with Crippen LogP contribution in [0, 0.1) is 11.8 Å². The van der Waals surface area contributed by atoms with E-state index in [1.54, 1.807) is 0 Å². The second-order valence-electron chi connectivity index (χ2n) is 1.27. The fourth-order valence-electron chi connectivity index (χ4n) is 0.297. The first-order chi connectivity index (χ1) is 3.91. The first-order valence-electron chi connectivity index (χ1n) is 2.64. The second-order valence-corrected chi connectivity index (χ2v) is 1.53. The van der Waals surface area contributed by atoms with Gasteiger partial charge in [-0.1, -0.05) is 18.8 Å². The molecule has 0 amide bonds. The van der Waals surface area contributed by atoms with Crippen LogP contribution in [0.15, 0.2) is 0 Å². The molecule has 0 spiro atoms. The number of hydrogen-bond donors (Lipinski definition) is 1. The molecule has 0 rings (SSSR count). The molecule has 0 unspecified atom stereocenters. The first-order valence-corrected chi connectivity index (χ1v) is 3.17. The summed E-state index contributed by atoms with van der Waals surface area (Å²) in [5.74, 6) is 6.01. The summed E-state index contributed by atoms with van der Waals surface area (Å²) in [6, 6.07) is 0. The normalized spacial score (nSPS) is 7.75. The average Bonchev–Trinajstić information content (AvgIpc) is 1.81. The summed E-state index contributed by atoms with van der Waals surface area (Å²) < 4.78 is 0. The molecule has 1 N–H and O–H groups in total. The lowest BCUT2D eigenvalue weighted by molar-refractivity contribution is 0.811. The summed E-state index contributed by atoms with van der Waals surface area (Å²) in [5, 5.41) is 3.05. The molecule has 1 nitrogen and oxygen atoms in total. The third-order valence-electron chi connectivity index (χ3n) is 0.655. The third-order valence-corrected chi connectivity index (χ3v) is 0.789. The third kappa shape index (κ3) is 5.81. The molecule has 2 heteroatoms. The predicted octanol–water partition coefficient (Wildman–Crippen LogP) is 0.838. The predicted molar refractivity (Wildman–Crippen MR) is 37.0 cm³/mol. The Morgan fingerprint density at radius 3 is 2.75 bits per heavy atom. The van der Waals surface area contributed by atoms with Crippen LogP contribution in [0.3, 0.4) is 0 Å². The molecule has 0 heterocycles. The lowest BCUT2D eigenvalue weighted by Crippen LogP contribution is -2.11. The van der Waals surface area contributed by atoms with Crippen molar-refractivity contribution >= 4 is 11.6 Å². The minimum Gasteiger partial charge on any atom is -0.307 e. The van der Waals surface area contributed by atoms with E-state index in [0.29, 0.717) is 5.88 Å². The van der Waals surface area contributed by atoms with Crippen molar-refractivity contribution in [3.63, 3.8) is 0 Å². The molecule has 0 saturated carbocycles. The van der Waals surface area contributed by atoms with Crippen molar-refractivity contribution in [2.75, 3.05) is 19.0 Å². The van der Waals surface area contributed by atoms with Gasteiger partial charge in [0.2, 0.25) is 0 Å². The van der Waals surface area contributed by atoms with Crippen LogP contribution >= 0.6 is 11.6 Å². The van der Waals surface area contributed by atoms with E-state index in [2.05, 4.69) is 17.2 Å². The highest BCUT2D eigenvalue weighted by molar-refractivity contribution is 6.19. The fraction of sp³-hybridized carbons (Fsp3) is 0.667. The Bertz CT molecular complexity index is 90.4. The molecule has 46 valence electrons. The minimum atomic E-state index is 0.436. The highest BCUT2D eigenvalue weighted by atomic mass is 35.5. The number of halogens is 1. The van der Waals surface area contributed by atoms with Gasteiger partial charge in [-0.05, 0) is 6.54 Å². The molecule has 0 aliphatic heterocycles. The standard InChI is InChI=1S/C6H10ClN/c1-2-8-6-4-3-5-7/h8H,2,5-6H2,1H3. The van der Waals surface area contributed by atoms with Gasteiger partial charge in [0.25, 0.3) is 0 Å². The highest BCUT2D eigenvalue weighted by Crippen LogP contribution is 1.65. The summed E-state index contributed by atoms with van der Waals surface area (Å²) in [6.45, 7) is 3.77. The Morgan fingerprint density at radius 1 is 1.50 bits per heavy atom. The van der Waals surface area contributed by atoms with Gasteiger partial charge in [-0.3, -0.25) is 0 Å². The summed E-state index contributed by atoms with van der Waals surface area (Å²) in [7, 11) is 0. The smallest absolute Gasteiger partial charge is 0.0835 e. The molecule has 0 bridgehead atoms. The topological polar surface area (TPSA) is 12.0 Å². The van der Waals surface area contributed by atoms with Crippen molar-refractivity contribution in [2.45, 2.75) is 6.92 Å². The minimum absolute atomic E-state index is 0.436. The molecule has 0 aromatic rings. The van der Waals surface area contributed by atoms with Gasteiger partial charge >= 0.3 is 0 Å². The van der Waals surface area contributed by atoms with Crippen LogP contribution in [0.25, 0.3) is 0 Å². The Balaban J connectivity index is 2.90. The van der Waals surface area contributed by atoms with Gasteiger partial charge in [0.15, 0.2) is 0 Å². The second kappa shape index (κ2) is 6.81. The Hall–Kier alpha value is -0.190.